The molecule has 0 N–H and O–H groups in total. The fraction of sp³-hybridized carbons (Fsp3) is 0. The van der Waals surface area contributed by atoms with Crippen molar-refractivity contribution in [3.05, 3.63) is 158 Å². The molecule has 44 heavy (non-hydrogen) atoms. The molecule has 0 aliphatic rings. The number of rotatable bonds is 4. The number of para-hydroxylation sites is 2. The number of pyridine rings is 2. The van der Waals surface area contributed by atoms with Gasteiger partial charge in [0.1, 0.15) is 11.6 Å². The van der Waals surface area contributed by atoms with Gasteiger partial charge in [-0.25, -0.2) is 9.97 Å². The molecule has 0 aliphatic carbocycles. The van der Waals surface area contributed by atoms with Gasteiger partial charge in [0.25, 0.3) is 0 Å². The zero-order valence-corrected chi connectivity index (χ0v) is 23.8. The molecular weight excluding hydrogens is 536 g/mol. The van der Waals surface area contributed by atoms with Crippen LogP contribution in [0.4, 0.5) is 0 Å². The summed E-state index contributed by atoms with van der Waals surface area (Å²) in [7, 11) is 0. The highest BCUT2D eigenvalue weighted by atomic mass is 15.1. The van der Waals surface area contributed by atoms with E-state index in [1.54, 1.807) is 0 Å². The molecule has 0 fully saturated rings. The van der Waals surface area contributed by atoms with Gasteiger partial charge in [-0.3, -0.25) is 9.13 Å². The van der Waals surface area contributed by atoms with Crippen molar-refractivity contribution in [3.8, 4) is 34.2 Å². The fourth-order valence-corrected chi connectivity index (χ4v) is 6.56. The zero-order valence-electron chi connectivity index (χ0n) is 23.8. The Bertz CT molecular complexity index is 2310. The Morgan fingerprint density at radius 1 is 0.318 bits per heavy atom. The molecule has 0 radical (unpaired) electrons. The number of aromatic nitrogens is 4. The molecule has 0 unspecified atom stereocenters. The monoisotopic (exact) mass is 562 g/mol. The molecule has 9 aromatic rings. The molecule has 4 nitrogen and oxygen atoms in total. The van der Waals surface area contributed by atoms with Crippen LogP contribution < -0.4 is 0 Å². The van der Waals surface area contributed by atoms with Gasteiger partial charge in [0.05, 0.1) is 33.5 Å². The van der Waals surface area contributed by atoms with Gasteiger partial charge >= 0.3 is 0 Å². The van der Waals surface area contributed by atoms with E-state index < -0.39 is 0 Å². The van der Waals surface area contributed by atoms with Crippen molar-refractivity contribution in [1.29, 1.82) is 0 Å². The second kappa shape index (κ2) is 9.79. The van der Waals surface area contributed by atoms with Crippen LogP contribution in [0.25, 0.3) is 77.8 Å². The summed E-state index contributed by atoms with van der Waals surface area (Å²) in [5.74, 6) is 1.80. The van der Waals surface area contributed by atoms with Crippen molar-refractivity contribution in [1.82, 2.24) is 19.1 Å². The van der Waals surface area contributed by atoms with E-state index in [1.807, 2.05) is 12.1 Å². The van der Waals surface area contributed by atoms with Crippen LogP contribution in [0.2, 0.25) is 0 Å². The first-order valence-electron chi connectivity index (χ1n) is 14.9. The Balaban J connectivity index is 1.34. The Morgan fingerprint density at radius 3 is 1.18 bits per heavy atom. The van der Waals surface area contributed by atoms with E-state index in [0.29, 0.717) is 0 Å². The third-order valence-corrected chi connectivity index (χ3v) is 8.53. The van der Waals surface area contributed by atoms with Gasteiger partial charge in [0, 0.05) is 32.7 Å². The van der Waals surface area contributed by atoms with Gasteiger partial charge in [-0.1, -0.05) is 109 Å². The average Bonchev–Trinajstić information content (AvgIpc) is 3.60. The van der Waals surface area contributed by atoms with E-state index in [0.717, 1.165) is 56.2 Å². The van der Waals surface area contributed by atoms with Crippen molar-refractivity contribution in [3.63, 3.8) is 0 Å². The minimum Gasteiger partial charge on any atom is -0.294 e. The van der Waals surface area contributed by atoms with Crippen LogP contribution in [0.3, 0.4) is 0 Å². The second-order valence-corrected chi connectivity index (χ2v) is 11.1. The minimum absolute atomic E-state index is 0.901. The van der Waals surface area contributed by atoms with Crippen LogP contribution in [0.15, 0.2) is 158 Å². The van der Waals surface area contributed by atoms with E-state index in [1.165, 1.54) is 21.5 Å². The lowest BCUT2D eigenvalue weighted by Gasteiger charge is -2.10. The summed E-state index contributed by atoms with van der Waals surface area (Å²) in [4.78, 5) is 10.3. The Labute approximate surface area is 254 Å². The van der Waals surface area contributed by atoms with Crippen LogP contribution in [0.1, 0.15) is 0 Å². The molecule has 0 spiro atoms. The van der Waals surface area contributed by atoms with Crippen molar-refractivity contribution in [2.45, 2.75) is 0 Å². The van der Waals surface area contributed by atoms with E-state index >= 15 is 0 Å². The highest BCUT2D eigenvalue weighted by Gasteiger charge is 2.19. The minimum atomic E-state index is 0.901. The normalized spacial score (nSPS) is 11.6. The summed E-state index contributed by atoms with van der Waals surface area (Å²) in [6.07, 6.45) is 0. The zero-order chi connectivity index (χ0) is 29.0. The van der Waals surface area contributed by atoms with Crippen LogP contribution in [0, 0.1) is 0 Å². The molecule has 4 heteroatoms. The molecule has 0 aliphatic heterocycles. The third-order valence-electron chi connectivity index (χ3n) is 8.53. The standard InChI is InChI=1S/C40H26N4/c1-3-13-27(14-4-1)33-19-11-23-39(41-33)43-35-21-9-7-17-29(35)31-26-38-32(25-37(31)43)30-18-8-10-22-36(30)44(38)40-24-12-20-34(42-40)28-15-5-2-6-16-28/h1-26H. The van der Waals surface area contributed by atoms with E-state index in [2.05, 4.69) is 155 Å². The summed E-state index contributed by atoms with van der Waals surface area (Å²) in [5, 5.41) is 4.75. The lowest BCUT2D eigenvalue weighted by atomic mass is 10.1. The Morgan fingerprint density at radius 2 is 0.727 bits per heavy atom. The maximum Gasteiger partial charge on any atom is 0.138 e. The summed E-state index contributed by atoms with van der Waals surface area (Å²) >= 11 is 0. The van der Waals surface area contributed by atoms with Crippen LogP contribution in [-0.4, -0.2) is 19.1 Å². The van der Waals surface area contributed by atoms with Crippen molar-refractivity contribution in [2.24, 2.45) is 0 Å². The summed E-state index contributed by atoms with van der Waals surface area (Å²) in [6, 6.07) is 55.2. The Kier molecular flexibility index (Phi) is 5.47. The molecular formula is C40H26N4. The molecule has 0 bridgehead atoms. The number of fused-ring (bicyclic) bond motifs is 6. The third kappa shape index (κ3) is 3.78. The topological polar surface area (TPSA) is 35.6 Å². The first-order chi connectivity index (χ1) is 21.8. The summed E-state index contributed by atoms with van der Waals surface area (Å²) < 4.78 is 4.61. The number of hydrogen-bond acceptors (Lipinski definition) is 2. The van der Waals surface area contributed by atoms with Gasteiger partial charge in [-0.2, -0.15) is 0 Å². The van der Waals surface area contributed by atoms with Crippen molar-refractivity contribution >= 4 is 43.6 Å². The van der Waals surface area contributed by atoms with Gasteiger partial charge in [-0.05, 0) is 48.5 Å². The molecule has 5 aromatic carbocycles. The number of hydrogen-bond donors (Lipinski definition) is 0. The lowest BCUT2D eigenvalue weighted by Crippen LogP contribution is -1.99. The molecule has 206 valence electrons. The molecule has 0 saturated heterocycles. The van der Waals surface area contributed by atoms with E-state index in [-0.39, 0.29) is 0 Å². The molecule has 9 rings (SSSR count). The van der Waals surface area contributed by atoms with E-state index in [4.69, 9.17) is 9.97 Å². The maximum atomic E-state index is 5.17. The van der Waals surface area contributed by atoms with Crippen LogP contribution in [-0.2, 0) is 0 Å². The maximum absolute atomic E-state index is 5.17. The summed E-state index contributed by atoms with van der Waals surface area (Å²) in [6.45, 7) is 0. The largest absolute Gasteiger partial charge is 0.294 e. The average molecular weight is 563 g/mol. The Hall–Kier alpha value is -6.00. The number of benzene rings is 5. The predicted octanol–water partition coefficient (Wildman–Crippen LogP) is 10.0. The smallest absolute Gasteiger partial charge is 0.138 e. The van der Waals surface area contributed by atoms with Crippen LogP contribution in [0.5, 0.6) is 0 Å². The molecule has 4 aromatic heterocycles. The lowest BCUT2D eigenvalue weighted by molar-refractivity contribution is 1.08. The van der Waals surface area contributed by atoms with Gasteiger partial charge in [-0.15, -0.1) is 0 Å². The second-order valence-electron chi connectivity index (χ2n) is 11.1. The fourth-order valence-electron chi connectivity index (χ4n) is 6.56. The molecule has 0 atom stereocenters. The first kappa shape index (κ1) is 24.6. The van der Waals surface area contributed by atoms with Crippen molar-refractivity contribution < 1.29 is 0 Å². The van der Waals surface area contributed by atoms with Crippen molar-refractivity contribution in [2.75, 3.05) is 0 Å². The van der Waals surface area contributed by atoms with E-state index in [9.17, 15) is 0 Å². The SMILES string of the molecule is c1ccc(-c2cccc(-n3c4ccccc4c4cc5c(cc43)c3ccccc3n5-c3cccc(-c4ccccc4)n3)n2)cc1. The highest BCUT2D eigenvalue weighted by molar-refractivity contribution is 6.18. The molecule has 4 heterocycles. The van der Waals surface area contributed by atoms with Gasteiger partial charge in [0.15, 0.2) is 0 Å². The molecule has 0 amide bonds. The summed E-state index contributed by atoms with van der Waals surface area (Å²) in [5.41, 5.74) is 8.64. The van der Waals surface area contributed by atoms with Gasteiger partial charge in [0.2, 0.25) is 0 Å². The first-order valence-corrected chi connectivity index (χ1v) is 14.9. The molecule has 0 saturated carbocycles. The highest BCUT2D eigenvalue weighted by Crippen LogP contribution is 2.39. The van der Waals surface area contributed by atoms with Gasteiger partial charge < -0.3 is 0 Å². The predicted molar refractivity (Wildman–Crippen MR) is 182 cm³/mol. The quantitative estimate of drug-likeness (QED) is 0.214. The number of nitrogens with zero attached hydrogens (tertiary/aromatic N) is 4. The van der Waals surface area contributed by atoms with Crippen LogP contribution >= 0.6 is 0 Å².